The van der Waals surface area contributed by atoms with Gasteiger partial charge in [-0.2, -0.15) is 0 Å². The molecule has 0 fully saturated rings. The number of aliphatic imine (C=N–C) groups is 1. The van der Waals surface area contributed by atoms with Crippen LogP contribution < -0.4 is 10.6 Å². The van der Waals surface area contributed by atoms with Crippen molar-refractivity contribution in [1.29, 1.82) is 0 Å². The number of nitrogens with one attached hydrogen (secondary N) is 2. The van der Waals surface area contributed by atoms with Gasteiger partial charge in [-0.25, -0.2) is 0 Å². The molecule has 0 aliphatic heterocycles. The Labute approximate surface area is 199 Å². The van der Waals surface area contributed by atoms with Crippen molar-refractivity contribution in [3.63, 3.8) is 0 Å². The maximum absolute atomic E-state index is 12.4. The number of hydrogen-bond acceptors (Lipinski definition) is 4. The molecule has 2 N–H and O–H groups in total. The minimum absolute atomic E-state index is 0. The van der Waals surface area contributed by atoms with Crippen molar-refractivity contribution in [1.82, 2.24) is 15.5 Å². The van der Waals surface area contributed by atoms with Crippen LogP contribution >= 0.6 is 24.0 Å². The summed E-state index contributed by atoms with van der Waals surface area (Å²) < 4.78 is 11.0. The Morgan fingerprint density at radius 3 is 2.17 bits per heavy atom. The van der Waals surface area contributed by atoms with Crippen molar-refractivity contribution in [2.24, 2.45) is 4.99 Å². The summed E-state index contributed by atoms with van der Waals surface area (Å²) in [5.74, 6) is 0.791. The topological polar surface area (TPSA) is 75.2 Å². The molecule has 0 radical (unpaired) electrons. The van der Waals surface area contributed by atoms with Crippen LogP contribution in [-0.2, 0) is 16.0 Å². The fraction of sp³-hybridized carbons (Fsp3) is 0.636. The van der Waals surface area contributed by atoms with Crippen molar-refractivity contribution in [2.75, 3.05) is 53.1 Å². The molecule has 0 atom stereocenters. The summed E-state index contributed by atoms with van der Waals surface area (Å²) in [6, 6.07) is 7.70. The van der Waals surface area contributed by atoms with Crippen LogP contribution in [0.15, 0.2) is 29.3 Å². The first-order valence-corrected chi connectivity index (χ1v) is 10.6. The summed E-state index contributed by atoms with van der Waals surface area (Å²) in [6.07, 6.45) is 2.24. The molecule has 1 rings (SSSR count). The molecule has 0 aliphatic rings. The van der Waals surface area contributed by atoms with Gasteiger partial charge >= 0.3 is 0 Å². The van der Waals surface area contributed by atoms with E-state index in [1.807, 2.05) is 43.0 Å². The van der Waals surface area contributed by atoms with Gasteiger partial charge in [-0.3, -0.25) is 9.79 Å². The number of rotatable bonds is 14. The Kier molecular flexibility index (Phi) is 17.5. The average Bonchev–Trinajstić information content (AvgIpc) is 2.75. The van der Waals surface area contributed by atoms with E-state index in [1.54, 1.807) is 7.05 Å². The molecule has 172 valence electrons. The number of unbranched alkanes of at least 4 members (excludes halogenated alkanes) is 1. The second kappa shape index (κ2) is 18.4. The number of benzene rings is 1. The van der Waals surface area contributed by atoms with Crippen molar-refractivity contribution in [3.05, 3.63) is 35.4 Å². The first kappa shape index (κ1) is 28.6. The van der Waals surface area contributed by atoms with E-state index in [4.69, 9.17) is 9.47 Å². The Morgan fingerprint density at radius 1 is 0.967 bits per heavy atom. The van der Waals surface area contributed by atoms with Crippen molar-refractivity contribution in [3.8, 4) is 0 Å². The van der Waals surface area contributed by atoms with Crippen LogP contribution in [0.2, 0.25) is 0 Å². The third kappa shape index (κ3) is 11.7. The molecule has 1 amide bonds. The van der Waals surface area contributed by atoms with Gasteiger partial charge < -0.3 is 25.0 Å². The van der Waals surface area contributed by atoms with Crippen LogP contribution in [0.1, 0.15) is 49.5 Å². The molecule has 0 spiro atoms. The van der Waals surface area contributed by atoms with E-state index >= 15 is 0 Å². The van der Waals surface area contributed by atoms with E-state index in [9.17, 15) is 4.79 Å². The zero-order valence-electron chi connectivity index (χ0n) is 18.9. The minimum Gasteiger partial charge on any atom is -0.379 e. The summed E-state index contributed by atoms with van der Waals surface area (Å²) in [5, 5.41) is 6.49. The van der Waals surface area contributed by atoms with Gasteiger partial charge in [0.15, 0.2) is 5.96 Å². The monoisotopic (exact) mass is 534 g/mol. The van der Waals surface area contributed by atoms with E-state index in [2.05, 4.69) is 22.5 Å². The number of hydrogen-bond donors (Lipinski definition) is 2. The zero-order valence-corrected chi connectivity index (χ0v) is 21.2. The minimum atomic E-state index is 0. The van der Waals surface area contributed by atoms with Gasteiger partial charge in [0.2, 0.25) is 0 Å². The molecule has 1 aromatic carbocycles. The summed E-state index contributed by atoms with van der Waals surface area (Å²) in [6.45, 7) is 11.5. The Bertz CT molecular complexity index is 593. The fourth-order valence-electron chi connectivity index (χ4n) is 2.67. The lowest BCUT2D eigenvalue weighted by atomic mass is 10.1. The third-order valence-corrected chi connectivity index (χ3v) is 4.49. The molecule has 0 aliphatic carbocycles. The summed E-state index contributed by atoms with van der Waals surface area (Å²) in [7, 11) is 1.74. The number of carbonyl (C=O) groups is 1. The van der Waals surface area contributed by atoms with Gasteiger partial charge in [0.1, 0.15) is 0 Å². The van der Waals surface area contributed by atoms with Gasteiger partial charge in [-0.15, -0.1) is 24.0 Å². The second-order valence-electron chi connectivity index (χ2n) is 6.61. The normalized spacial score (nSPS) is 11.0. The first-order valence-electron chi connectivity index (χ1n) is 10.6. The van der Waals surface area contributed by atoms with Crippen molar-refractivity contribution >= 4 is 35.8 Å². The molecule has 7 nitrogen and oxygen atoms in total. The molecule has 0 unspecified atom stereocenters. The average molecular weight is 534 g/mol. The largest absolute Gasteiger partial charge is 0.379 e. The van der Waals surface area contributed by atoms with Crippen LogP contribution in [0.3, 0.4) is 0 Å². The summed E-state index contributed by atoms with van der Waals surface area (Å²) >= 11 is 0. The number of ether oxygens (including phenoxy) is 2. The molecule has 0 heterocycles. The second-order valence-corrected chi connectivity index (χ2v) is 6.61. The quantitative estimate of drug-likeness (QED) is 0.166. The van der Waals surface area contributed by atoms with E-state index < -0.39 is 0 Å². The van der Waals surface area contributed by atoms with E-state index in [-0.39, 0.29) is 29.9 Å². The van der Waals surface area contributed by atoms with Crippen LogP contribution in [0.25, 0.3) is 0 Å². The van der Waals surface area contributed by atoms with Crippen LogP contribution in [0, 0.1) is 0 Å². The van der Waals surface area contributed by atoms with Gasteiger partial charge in [0.05, 0.1) is 19.8 Å². The number of nitrogens with zero attached hydrogens (tertiary/aromatic N) is 2. The van der Waals surface area contributed by atoms with E-state index in [0.29, 0.717) is 32.9 Å². The van der Waals surface area contributed by atoms with Gasteiger partial charge in [-0.05, 0) is 38.0 Å². The molecule has 8 heteroatoms. The van der Waals surface area contributed by atoms with Crippen LogP contribution in [0.4, 0.5) is 0 Å². The van der Waals surface area contributed by atoms with Gasteiger partial charge in [0, 0.05) is 45.4 Å². The standard InChI is InChI=1S/C22H38N4O3.HI/c1-5-8-14-28-16-17-29-15-13-24-22(23-4)25-18-19-9-11-20(12-10-19)21(27)26(6-2)7-3;/h9-12H,5-8,13-18H2,1-4H3,(H2,23,24,25);1H. The highest BCUT2D eigenvalue weighted by Gasteiger charge is 2.11. The summed E-state index contributed by atoms with van der Waals surface area (Å²) in [4.78, 5) is 18.4. The molecule has 0 saturated heterocycles. The highest BCUT2D eigenvalue weighted by molar-refractivity contribution is 14.0. The van der Waals surface area contributed by atoms with Crippen LogP contribution in [0.5, 0.6) is 0 Å². The lowest BCUT2D eigenvalue weighted by Crippen LogP contribution is -2.38. The Morgan fingerprint density at radius 2 is 1.60 bits per heavy atom. The molecule has 0 aromatic heterocycles. The van der Waals surface area contributed by atoms with Crippen molar-refractivity contribution in [2.45, 2.75) is 40.2 Å². The van der Waals surface area contributed by atoms with Gasteiger partial charge in [0.25, 0.3) is 5.91 Å². The highest BCUT2D eigenvalue weighted by Crippen LogP contribution is 2.08. The highest BCUT2D eigenvalue weighted by atomic mass is 127. The predicted octanol–water partition coefficient (Wildman–Crippen LogP) is 3.28. The number of carbonyl (C=O) groups excluding carboxylic acids is 1. The number of guanidine groups is 1. The summed E-state index contributed by atoms with van der Waals surface area (Å²) in [5.41, 5.74) is 1.81. The Balaban J connectivity index is 0.00000841. The maximum atomic E-state index is 12.4. The number of amides is 1. The van der Waals surface area contributed by atoms with Crippen LogP contribution in [-0.4, -0.2) is 69.9 Å². The molecular formula is C22H39IN4O3. The lowest BCUT2D eigenvalue weighted by molar-refractivity contribution is 0.0487. The lowest BCUT2D eigenvalue weighted by Gasteiger charge is -2.18. The smallest absolute Gasteiger partial charge is 0.253 e. The number of halogens is 1. The predicted molar refractivity (Wildman–Crippen MR) is 134 cm³/mol. The van der Waals surface area contributed by atoms with Gasteiger partial charge in [-0.1, -0.05) is 25.5 Å². The molecule has 0 bridgehead atoms. The molecule has 1 aromatic rings. The maximum Gasteiger partial charge on any atom is 0.253 e. The fourth-order valence-corrected chi connectivity index (χ4v) is 2.67. The zero-order chi connectivity index (χ0) is 21.3. The molecular weight excluding hydrogens is 495 g/mol. The Hall–Kier alpha value is -1.39. The molecule has 30 heavy (non-hydrogen) atoms. The van der Waals surface area contributed by atoms with E-state index in [0.717, 1.165) is 49.6 Å². The third-order valence-electron chi connectivity index (χ3n) is 4.49. The first-order chi connectivity index (χ1) is 14.2. The SMILES string of the molecule is CCCCOCCOCCNC(=NC)NCc1ccc(C(=O)N(CC)CC)cc1.I. The van der Waals surface area contributed by atoms with E-state index in [1.165, 1.54) is 0 Å². The van der Waals surface area contributed by atoms with Crippen molar-refractivity contribution < 1.29 is 14.3 Å². The molecule has 0 saturated carbocycles.